The second-order valence-corrected chi connectivity index (χ2v) is 7.13. The first kappa shape index (κ1) is 17.0. The van der Waals surface area contributed by atoms with Crippen molar-refractivity contribution >= 4 is 11.8 Å². The first-order chi connectivity index (χ1) is 11.7. The summed E-state index contributed by atoms with van der Waals surface area (Å²) in [7, 11) is 0. The summed E-state index contributed by atoms with van der Waals surface area (Å²) in [5.74, 6) is 0.370. The molecule has 0 radical (unpaired) electrons. The summed E-state index contributed by atoms with van der Waals surface area (Å²) in [5, 5.41) is 2.93. The van der Waals surface area contributed by atoms with Crippen molar-refractivity contribution in [1.29, 1.82) is 0 Å². The molecular formula is C20H28N2O2. The van der Waals surface area contributed by atoms with Crippen LogP contribution in [0.1, 0.15) is 63.5 Å². The lowest BCUT2D eigenvalue weighted by Crippen LogP contribution is -2.64. The van der Waals surface area contributed by atoms with Crippen LogP contribution in [0.2, 0.25) is 0 Å². The van der Waals surface area contributed by atoms with Gasteiger partial charge in [0.1, 0.15) is 0 Å². The smallest absolute Gasteiger partial charge is 0.231 e. The van der Waals surface area contributed by atoms with E-state index in [0.29, 0.717) is 25.4 Å². The molecule has 1 atom stereocenters. The van der Waals surface area contributed by atoms with Crippen LogP contribution in [-0.2, 0) is 9.59 Å². The molecule has 24 heavy (non-hydrogen) atoms. The maximum absolute atomic E-state index is 12.9. The molecule has 1 heterocycles. The maximum atomic E-state index is 12.9. The molecule has 0 bridgehead atoms. The lowest BCUT2D eigenvalue weighted by atomic mass is 9.60. The predicted octanol–water partition coefficient (Wildman–Crippen LogP) is 3.44. The third-order valence-corrected chi connectivity index (χ3v) is 5.53. The Kier molecular flexibility index (Phi) is 5.22. The Balaban J connectivity index is 1.71. The average Bonchev–Trinajstić information content (AvgIpc) is 2.62. The molecule has 1 saturated carbocycles. The number of carbonyl (C=O) groups is 2. The van der Waals surface area contributed by atoms with Crippen molar-refractivity contribution in [3.8, 4) is 0 Å². The van der Waals surface area contributed by atoms with Gasteiger partial charge in [0.2, 0.25) is 11.8 Å². The van der Waals surface area contributed by atoms with Gasteiger partial charge < -0.3 is 10.2 Å². The van der Waals surface area contributed by atoms with Crippen LogP contribution in [0.25, 0.3) is 0 Å². The minimum atomic E-state index is -0.187. The summed E-state index contributed by atoms with van der Waals surface area (Å²) in [6, 6.07) is 10.6. The number of nitrogens with one attached hydrogen (secondary N) is 1. The Labute approximate surface area is 144 Å². The zero-order valence-electron chi connectivity index (χ0n) is 14.6. The van der Waals surface area contributed by atoms with E-state index >= 15 is 0 Å². The van der Waals surface area contributed by atoms with E-state index in [-0.39, 0.29) is 17.4 Å². The van der Waals surface area contributed by atoms with Gasteiger partial charge in [0.15, 0.2) is 0 Å². The highest BCUT2D eigenvalue weighted by Gasteiger charge is 2.60. The normalized spacial score (nSPS) is 22.3. The fourth-order valence-electron chi connectivity index (χ4n) is 4.42. The van der Waals surface area contributed by atoms with Crippen LogP contribution in [0.5, 0.6) is 0 Å². The van der Waals surface area contributed by atoms with Crippen molar-refractivity contribution < 1.29 is 9.59 Å². The largest absolute Gasteiger partial charge is 0.354 e. The van der Waals surface area contributed by atoms with Crippen molar-refractivity contribution in [2.75, 3.05) is 13.1 Å². The van der Waals surface area contributed by atoms with Crippen molar-refractivity contribution in [2.45, 2.75) is 57.9 Å². The van der Waals surface area contributed by atoms with Gasteiger partial charge in [0.25, 0.3) is 0 Å². The molecule has 4 heteroatoms. The van der Waals surface area contributed by atoms with Gasteiger partial charge in [-0.3, -0.25) is 9.59 Å². The van der Waals surface area contributed by atoms with Gasteiger partial charge in [-0.2, -0.15) is 0 Å². The van der Waals surface area contributed by atoms with Crippen molar-refractivity contribution in [2.24, 2.45) is 5.41 Å². The molecule has 0 aromatic heterocycles. The molecule has 4 nitrogen and oxygen atoms in total. The van der Waals surface area contributed by atoms with Crippen LogP contribution in [-0.4, -0.2) is 29.8 Å². The number of hydrogen-bond donors (Lipinski definition) is 1. The molecule has 1 spiro atoms. The van der Waals surface area contributed by atoms with Crippen molar-refractivity contribution in [1.82, 2.24) is 10.2 Å². The van der Waals surface area contributed by atoms with Gasteiger partial charge in [-0.1, -0.05) is 56.5 Å². The minimum absolute atomic E-state index is 0.0779. The van der Waals surface area contributed by atoms with E-state index in [4.69, 9.17) is 0 Å². The molecular weight excluding hydrogens is 300 g/mol. The van der Waals surface area contributed by atoms with Crippen LogP contribution >= 0.6 is 0 Å². The molecule has 1 aliphatic heterocycles. The van der Waals surface area contributed by atoms with Crippen molar-refractivity contribution in [3.63, 3.8) is 0 Å². The third-order valence-electron chi connectivity index (χ3n) is 5.53. The van der Waals surface area contributed by atoms with E-state index in [1.807, 2.05) is 17.9 Å². The first-order valence-corrected chi connectivity index (χ1v) is 9.32. The molecule has 2 amide bonds. The molecule has 1 N–H and O–H groups in total. The number of rotatable bonds is 6. The fraction of sp³-hybridized carbons (Fsp3) is 0.600. The zero-order chi connectivity index (χ0) is 17.0. The van der Waals surface area contributed by atoms with Crippen LogP contribution in [0, 0.1) is 5.41 Å². The Morgan fingerprint density at radius 2 is 1.92 bits per heavy atom. The van der Waals surface area contributed by atoms with E-state index in [1.165, 1.54) is 12.0 Å². The lowest BCUT2D eigenvalue weighted by Gasteiger charge is -2.58. The molecule has 2 fully saturated rings. The van der Waals surface area contributed by atoms with Crippen LogP contribution in [0.15, 0.2) is 30.3 Å². The highest BCUT2D eigenvalue weighted by Crippen LogP contribution is 2.57. The van der Waals surface area contributed by atoms with Gasteiger partial charge in [-0.05, 0) is 24.8 Å². The zero-order valence-corrected chi connectivity index (χ0v) is 14.6. The van der Waals surface area contributed by atoms with E-state index in [0.717, 1.165) is 32.1 Å². The molecule has 1 aromatic carbocycles. The summed E-state index contributed by atoms with van der Waals surface area (Å²) < 4.78 is 0. The van der Waals surface area contributed by atoms with Gasteiger partial charge >= 0.3 is 0 Å². The molecule has 1 saturated heterocycles. The quantitative estimate of drug-likeness (QED) is 0.813. The minimum Gasteiger partial charge on any atom is -0.354 e. The first-order valence-electron chi connectivity index (χ1n) is 9.32. The topological polar surface area (TPSA) is 49.4 Å². The molecule has 1 aromatic rings. The Morgan fingerprint density at radius 3 is 2.58 bits per heavy atom. The van der Waals surface area contributed by atoms with Gasteiger partial charge in [0.05, 0.1) is 11.5 Å². The van der Waals surface area contributed by atoms with E-state index in [9.17, 15) is 9.59 Å². The van der Waals surface area contributed by atoms with Gasteiger partial charge in [0, 0.05) is 19.5 Å². The second-order valence-electron chi connectivity index (χ2n) is 7.13. The number of carbonyl (C=O) groups excluding carboxylic acids is 2. The van der Waals surface area contributed by atoms with Gasteiger partial charge in [-0.25, -0.2) is 0 Å². The monoisotopic (exact) mass is 328 g/mol. The van der Waals surface area contributed by atoms with E-state index in [2.05, 4.69) is 29.6 Å². The summed E-state index contributed by atoms with van der Waals surface area (Å²) >= 11 is 0. The predicted molar refractivity (Wildman–Crippen MR) is 94.3 cm³/mol. The summed E-state index contributed by atoms with van der Waals surface area (Å²) in [6.45, 7) is 3.15. The number of benzene rings is 1. The summed E-state index contributed by atoms with van der Waals surface area (Å²) in [4.78, 5) is 26.6. The second kappa shape index (κ2) is 7.37. The van der Waals surface area contributed by atoms with Crippen LogP contribution in [0.3, 0.4) is 0 Å². The molecule has 1 unspecified atom stereocenters. The Morgan fingerprint density at radius 1 is 1.21 bits per heavy atom. The average molecular weight is 328 g/mol. The number of likely N-dealkylation sites (tertiary alicyclic amines) is 1. The number of nitrogens with zero attached hydrogens (tertiary/aromatic N) is 1. The van der Waals surface area contributed by atoms with E-state index < -0.39 is 0 Å². The summed E-state index contributed by atoms with van der Waals surface area (Å²) in [5.41, 5.74) is 1.05. The molecule has 1 aliphatic carbocycles. The molecule has 2 aliphatic rings. The molecule has 130 valence electrons. The maximum Gasteiger partial charge on any atom is 0.231 e. The summed E-state index contributed by atoms with van der Waals surface area (Å²) in [6.07, 6.45) is 6.95. The highest BCUT2D eigenvalue weighted by molar-refractivity contribution is 5.91. The number of hydrogen-bond acceptors (Lipinski definition) is 2. The number of β-lactam (4-membered cyclic amide) rings is 1. The molecule has 3 rings (SSSR count). The lowest BCUT2D eigenvalue weighted by molar-refractivity contribution is -0.178. The Hall–Kier alpha value is -1.84. The van der Waals surface area contributed by atoms with Gasteiger partial charge in [-0.15, -0.1) is 0 Å². The Bertz CT molecular complexity index is 579. The standard InChI is InChI=1S/C20H28N2O2/c1-2-9-17(23)21-14-15-22-18(16-10-5-3-6-11-16)20(19(22)24)12-7-4-8-13-20/h3,5-6,10-11,18H,2,4,7-9,12-15H2,1H3,(H,21,23). The third kappa shape index (κ3) is 3.06. The van der Waals surface area contributed by atoms with Crippen LogP contribution < -0.4 is 5.32 Å². The number of amides is 2. The van der Waals surface area contributed by atoms with Crippen LogP contribution in [0.4, 0.5) is 0 Å². The van der Waals surface area contributed by atoms with Crippen molar-refractivity contribution in [3.05, 3.63) is 35.9 Å². The fourth-order valence-corrected chi connectivity index (χ4v) is 4.42. The SMILES string of the molecule is CCCC(=O)NCCN1C(=O)C2(CCCCC2)C1c1ccccc1. The highest BCUT2D eigenvalue weighted by atomic mass is 16.2. The van der Waals surface area contributed by atoms with E-state index in [1.54, 1.807) is 0 Å².